The lowest BCUT2D eigenvalue weighted by atomic mass is 10.2. The van der Waals surface area contributed by atoms with Crippen molar-refractivity contribution in [3.05, 3.63) is 34.3 Å². The number of nitrogens with zero attached hydrogens (tertiary/aromatic N) is 1. The second-order valence-electron chi connectivity index (χ2n) is 4.30. The van der Waals surface area contributed by atoms with E-state index in [1.165, 1.54) is 4.57 Å². The van der Waals surface area contributed by atoms with E-state index in [9.17, 15) is 9.59 Å². The average Bonchev–Trinajstić information content (AvgIpc) is 2.64. The molecule has 0 bridgehead atoms. The summed E-state index contributed by atoms with van der Waals surface area (Å²) in [5.41, 5.74) is 7.48. The molecule has 0 saturated heterocycles. The zero-order valence-corrected chi connectivity index (χ0v) is 10.4. The van der Waals surface area contributed by atoms with Crippen molar-refractivity contribution in [1.82, 2.24) is 9.88 Å². The standard InChI is InChI=1S/C12H15N3O4/c1-15-9-3-2-7(4-10(9)19-12(15)18)5-14-6-8(13)11(16)17/h2-4,8,14H,5-6,13H2,1H3,(H,16,17). The highest BCUT2D eigenvalue weighted by Crippen LogP contribution is 2.13. The summed E-state index contributed by atoms with van der Waals surface area (Å²) in [6, 6.07) is 4.44. The van der Waals surface area contributed by atoms with Gasteiger partial charge in [0.1, 0.15) is 6.04 Å². The van der Waals surface area contributed by atoms with Crippen molar-refractivity contribution in [3.63, 3.8) is 0 Å². The molecule has 0 aliphatic carbocycles. The zero-order valence-electron chi connectivity index (χ0n) is 10.4. The third-order valence-corrected chi connectivity index (χ3v) is 2.87. The van der Waals surface area contributed by atoms with Gasteiger partial charge in [-0.15, -0.1) is 0 Å². The van der Waals surface area contributed by atoms with Gasteiger partial charge in [-0.25, -0.2) is 4.79 Å². The number of hydrogen-bond acceptors (Lipinski definition) is 5. The van der Waals surface area contributed by atoms with Crippen molar-refractivity contribution < 1.29 is 14.3 Å². The molecule has 0 amide bonds. The Morgan fingerprint density at radius 2 is 2.32 bits per heavy atom. The molecule has 1 aromatic heterocycles. The van der Waals surface area contributed by atoms with E-state index in [4.69, 9.17) is 15.3 Å². The Hall–Kier alpha value is -2.12. The molecule has 1 unspecified atom stereocenters. The van der Waals surface area contributed by atoms with Crippen molar-refractivity contribution in [1.29, 1.82) is 0 Å². The third-order valence-electron chi connectivity index (χ3n) is 2.87. The topological polar surface area (TPSA) is 110 Å². The maximum Gasteiger partial charge on any atom is 0.419 e. The summed E-state index contributed by atoms with van der Waals surface area (Å²) in [6.45, 7) is 0.627. The van der Waals surface area contributed by atoms with E-state index in [-0.39, 0.29) is 6.54 Å². The Kier molecular flexibility index (Phi) is 3.68. The largest absolute Gasteiger partial charge is 0.480 e. The number of nitrogens with two attached hydrogens (primary N) is 1. The molecule has 0 spiro atoms. The predicted octanol–water partition coefficient (Wildman–Crippen LogP) is -0.367. The molecule has 7 nitrogen and oxygen atoms in total. The van der Waals surface area contributed by atoms with Crippen molar-refractivity contribution in [2.75, 3.05) is 6.54 Å². The van der Waals surface area contributed by atoms with Crippen LogP contribution in [0.15, 0.2) is 27.4 Å². The number of aryl methyl sites for hydroxylation is 1. The number of hydrogen-bond donors (Lipinski definition) is 3. The Morgan fingerprint density at radius 1 is 1.58 bits per heavy atom. The predicted molar refractivity (Wildman–Crippen MR) is 68.8 cm³/mol. The van der Waals surface area contributed by atoms with Gasteiger partial charge in [0, 0.05) is 20.1 Å². The number of aromatic nitrogens is 1. The van der Waals surface area contributed by atoms with E-state index in [1.54, 1.807) is 19.2 Å². The molecular weight excluding hydrogens is 250 g/mol. The maximum absolute atomic E-state index is 11.3. The molecule has 2 rings (SSSR count). The summed E-state index contributed by atoms with van der Waals surface area (Å²) in [5.74, 6) is -1.45. The van der Waals surface area contributed by atoms with Gasteiger partial charge in [0.25, 0.3) is 0 Å². The van der Waals surface area contributed by atoms with Gasteiger partial charge in [-0.2, -0.15) is 0 Å². The van der Waals surface area contributed by atoms with Gasteiger partial charge in [-0.1, -0.05) is 6.07 Å². The van der Waals surface area contributed by atoms with Crippen LogP contribution in [0.3, 0.4) is 0 Å². The second kappa shape index (κ2) is 5.25. The maximum atomic E-state index is 11.3. The summed E-state index contributed by atoms with van der Waals surface area (Å²) in [7, 11) is 1.64. The Balaban J connectivity index is 2.06. The molecule has 1 heterocycles. The smallest absolute Gasteiger partial charge is 0.419 e. The minimum Gasteiger partial charge on any atom is -0.480 e. The van der Waals surface area contributed by atoms with Crippen molar-refractivity contribution in [2.45, 2.75) is 12.6 Å². The summed E-state index contributed by atoms with van der Waals surface area (Å²) in [5, 5.41) is 11.6. The molecule has 102 valence electrons. The van der Waals surface area contributed by atoms with Gasteiger partial charge >= 0.3 is 11.7 Å². The van der Waals surface area contributed by atoms with Gasteiger partial charge in [0.05, 0.1) is 5.52 Å². The van der Waals surface area contributed by atoms with E-state index in [2.05, 4.69) is 5.32 Å². The highest BCUT2D eigenvalue weighted by Gasteiger charge is 2.10. The normalized spacial score (nSPS) is 12.7. The molecule has 0 saturated carbocycles. The first-order valence-corrected chi connectivity index (χ1v) is 5.76. The summed E-state index contributed by atoms with van der Waals surface area (Å²) < 4.78 is 6.49. The molecule has 0 fully saturated rings. The first kappa shape index (κ1) is 13.3. The Bertz CT molecular complexity index is 659. The van der Waals surface area contributed by atoms with Crippen molar-refractivity contribution in [2.24, 2.45) is 12.8 Å². The number of rotatable bonds is 5. The average molecular weight is 265 g/mol. The monoisotopic (exact) mass is 265 g/mol. The van der Waals surface area contributed by atoms with Gasteiger partial charge in [-0.05, 0) is 17.7 Å². The lowest BCUT2D eigenvalue weighted by Crippen LogP contribution is -2.40. The van der Waals surface area contributed by atoms with E-state index in [1.807, 2.05) is 6.07 Å². The van der Waals surface area contributed by atoms with Gasteiger partial charge in [-0.3, -0.25) is 9.36 Å². The van der Waals surface area contributed by atoms with E-state index >= 15 is 0 Å². The van der Waals surface area contributed by atoms with Crippen LogP contribution in [0.4, 0.5) is 0 Å². The van der Waals surface area contributed by atoms with Crippen LogP contribution in [0.25, 0.3) is 11.1 Å². The van der Waals surface area contributed by atoms with Crippen LogP contribution < -0.4 is 16.8 Å². The van der Waals surface area contributed by atoms with Crippen LogP contribution in [0.5, 0.6) is 0 Å². The minimum absolute atomic E-state index is 0.173. The molecule has 1 atom stereocenters. The van der Waals surface area contributed by atoms with Crippen LogP contribution >= 0.6 is 0 Å². The number of fused-ring (bicyclic) bond motifs is 1. The number of carboxylic acid groups (broad SMARTS) is 1. The lowest BCUT2D eigenvalue weighted by Gasteiger charge is -2.08. The highest BCUT2D eigenvalue weighted by molar-refractivity contribution is 5.74. The molecular formula is C12H15N3O4. The number of nitrogens with one attached hydrogen (secondary N) is 1. The van der Waals surface area contributed by atoms with Gasteiger partial charge < -0.3 is 20.6 Å². The molecule has 0 aliphatic rings. The minimum atomic E-state index is -1.04. The summed E-state index contributed by atoms with van der Waals surface area (Å²) >= 11 is 0. The quantitative estimate of drug-likeness (QED) is 0.680. The lowest BCUT2D eigenvalue weighted by molar-refractivity contribution is -0.138. The van der Waals surface area contributed by atoms with Crippen LogP contribution in [0.2, 0.25) is 0 Å². The molecule has 0 radical (unpaired) electrons. The molecule has 1 aromatic carbocycles. The number of carboxylic acids is 1. The molecule has 4 N–H and O–H groups in total. The van der Waals surface area contributed by atoms with Gasteiger partial charge in [0.15, 0.2) is 5.58 Å². The summed E-state index contributed by atoms with van der Waals surface area (Å²) in [4.78, 5) is 21.9. The Morgan fingerprint density at radius 3 is 3.00 bits per heavy atom. The third kappa shape index (κ3) is 2.83. The number of aliphatic carboxylic acids is 1. The van der Waals surface area contributed by atoms with Crippen LogP contribution in [-0.4, -0.2) is 28.2 Å². The van der Waals surface area contributed by atoms with Crippen molar-refractivity contribution >= 4 is 17.1 Å². The molecule has 0 aliphatic heterocycles. The SMILES string of the molecule is Cn1c(=O)oc2cc(CNCC(N)C(=O)O)ccc21. The van der Waals surface area contributed by atoms with Crippen molar-refractivity contribution in [3.8, 4) is 0 Å². The van der Waals surface area contributed by atoms with E-state index < -0.39 is 17.8 Å². The summed E-state index contributed by atoms with van der Waals surface area (Å²) in [6.07, 6.45) is 0. The van der Waals surface area contributed by atoms with E-state index in [0.717, 1.165) is 11.1 Å². The first-order chi connectivity index (χ1) is 8.99. The second-order valence-corrected chi connectivity index (χ2v) is 4.30. The van der Waals surface area contributed by atoms with Crippen LogP contribution in [0.1, 0.15) is 5.56 Å². The first-order valence-electron chi connectivity index (χ1n) is 5.76. The number of carbonyl (C=O) groups is 1. The fraction of sp³-hybridized carbons (Fsp3) is 0.333. The molecule has 7 heteroatoms. The van der Waals surface area contributed by atoms with E-state index in [0.29, 0.717) is 12.1 Å². The number of oxazole rings is 1. The van der Waals surface area contributed by atoms with Crippen LogP contribution in [-0.2, 0) is 18.4 Å². The highest BCUT2D eigenvalue weighted by atomic mass is 16.4. The Labute approximate surface area is 108 Å². The van der Waals surface area contributed by atoms with Crippen LogP contribution in [0, 0.1) is 0 Å². The number of benzene rings is 1. The fourth-order valence-electron chi connectivity index (χ4n) is 1.75. The molecule has 19 heavy (non-hydrogen) atoms. The zero-order chi connectivity index (χ0) is 14.0. The van der Waals surface area contributed by atoms with Gasteiger partial charge in [0.2, 0.25) is 0 Å². The fourth-order valence-corrected chi connectivity index (χ4v) is 1.75. The molecule has 2 aromatic rings.